The van der Waals surface area contributed by atoms with Crippen molar-refractivity contribution in [1.29, 1.82) is 16.1 Å². The van der Waals surface area contributed by atoms with Crippen molar-refractivity contribution in [3.63, 3.8) is 0 Å². The first-order chi connectivity index (χ1) is 59.5. The van der Waals surface area contributed by atoms with E-state index in [2.05, 4.69) is 256 Å². The number of H-pyrrole nitrogens is 4. The molecule has 14 rings (SSSR count). The van der Waals surface area contributed by atoms with E-state index in [4.69, 9.17) is 73.4 Å². The summed E-state index contributed by atoms with van der Waals surface area (Å²) in [6, 6.07) is 73.9. The van der Waals surface area contributed by atoms with Crippen LogP contribution in [-0.4, -0.2) is 70.2 Å². The Kier molecular flexibility index (Phi) is 41.6. The highest BCUT2D eigenvalue weighted by atomic mass is 16.1. The van der Waals surface area contributed by atoms with Gasteiger partial charge in [-0.25, -0.2) is 20.0 Å². The maximum atomic E-state index is 10.3. The lowest BCUT2D eigenvalue weighted by Crippen LogP contribution is -2.21. The summed E-state index contributed by atoms with van der Waals surface area (Å²) in [5.74, 6) is 8.12. The Hall–Kier alpha value is -14.1. The van der Waals surface area contributed by atoms with Crippen molar-refractivity contribution in [2.24, 2.45) is 56.2 Å². The molecule has 0 fully saturated rings. The zero-order valence-corrected chi connectivity index (χ0v) is 77.4. The Balaban J connectivity index is 0.000000248. The molecule has 26 N–H and O–H groups in total. The molecule has 666 valence electrons. The number of rotatable bonds is 17. The molecular formula is C102H137N23O. The number of guanidine groups is 2. The first-order valence-corrected chi connectivity index (χ1v) is 42.8. The second-order valence-corrected chi connectivity index (χ2v) is 34.1. The number of aldehydes is 1. The van der Waals surface area contributed by atoms with Gasteiger partial charge in [-0.2, -0.15) is 15.5 Å². The molecule has 0 amide bonds. The lowest BCUT2D eigenvalue weighted by Gasteiger charge is -2.06. The average molecular weight is 1700 g/mol. The highest BCUT2D eigenvalue weighted by Crippen LogP contribution is 2.28. The number of nitrogen functional groups attached to an aromatic ring is 6. The van der Waals surface area contributed by atoms with E-state index >= 15 is 0 Å². The smallest absolute Gasteiger partial charge is 0.198 e. The van der Waals surface area contributed by atoms with Crippen LogP contribution in [0.1, 0.15) is 269 Å². The number of nitriles is 1. The van der Waals surface area contributed by atoms with Gasteiger partial charge in [0.25, 0.3) is 0 Å². The zero-order valence-electron chi connectivity index (χ0n) is 77.4. The summed E-state index contributed by atoms with van der Waals surface area (Å²) in [7, 11) is 0. The van der Waals surface area contributed by atoms with E-state index in [9.17, 15) is 4.79 Å². The summed E-state index contributed by atoms with van der Waals surface area (Å²) in [6.07, 6.45) is 3.05. The quantitative estimate of drug-likeness (QED) is 0.0229. The number of imidazole rings is 2. The van der Waals surface area contributed by atoms with Crippen LogP contribution in [0.25, 0.3) is 43.9 Å². The minimum absolute atomic E-state index is 0.0947. The molecule has 0 aliphatic rings. The van der Waals surface area contributed by atoms with Crippen LogP contribution < -0.4 is 57.3 Å². The molecule has 4 aromatic heterocycles. The molecule has 10 aromatic carbocycles. The molecule has 0 spiro atoms. The van der Waals surface area contributed by atoms with Crippen molar-refractivity contribution < 1.29 is 4.79 Å². The first kappa shape index (κ1) is 102. The number of hydrogen-bond donors (Lipinski definition) is 16. The molecule has 24 heteroatoms. The summed E-state index contributed by atoms with van der Waals surface area (Å²) in [5, 5.41) is 38.7. The van der Waals surface area contributed by atoms with Gasteiger partial charge >= 0.3 is 0 Å². The number of nitrogens with one attached hydrogen (secondary N) is 6. The molecule has 14 aromatic rings. The fraction of sp³-hybridized carbons (Fsp3) is 0.314. The lowest BCUT2D eigenvalue weighted by atomic mass is 10.0. The van der Waals surface area contributed by atoms with E-state index in [-0.39, 0.29) is 23.6 Å². The van der Waals surface area contributed by atoms with Crippen LogP contribution in [-0.2, 0) is 12.8 Å². The predicted octanol–water partition coefficient (Wildman–Crippen LogP) is 22.1. The number of aromatic amines is 4. The third kappa shape index (κ3) is 35.4. The summed E-state index contributed by atoms with van der Waals surface area (Å²) < 4.78 is 0. The Bertz CT molecular complexity index is 5650. The number of nitrogens with zero attached hydrogens (tertiary/aromatic N) is 7. The van der Waals surface area contributed by atoms with Crippen molar-refractivity contribution in [3.8, 4) is 6.07 Å². The third-order valence-electron chi connectivity index (χ3n) is 19.8. The van der Waals surface area contributed by atoms with E-state index < -0.39 is 0 Å². The van der Waals surface area contributed by atoms with Crippen LogP contribution in [0.3, 0.4) is 0 Å². The van der Waals surface area contributed by atoms with Crippen molar-refractivity contribution in [2.45, 2.75) is 199 Å². The number of amidine groups is 2. The van der Waals surface area contributed by atoms with Crippen LogP contribution in [0.4, 0.5) is 34.9 Å². The van der Waals surface area contributed by atoms with Crippen molar-refractivity contribution in [1.82, 2.24) is 40.3 Å². The number of fused-ring (bicyclic) bond motifs is 4. The molecule has 0 aliphatic carbocycles. The molecule has 0 bridgehead atoms. The number of aliphatic imine (C=N–C) groups is 2. The fourth-order valence-corrected chi connectivity index (χ4v) is 12.3. The number of carbonyl (C=O) groups is 1. The number of nitrogens with two attached hydrogens (primary N) is 10. The highest BCUT2D eigenvalue weighted by molar-refractivity contribution is 5.96. The van der Waals surface area contributed by atoms with Crippen LogP contribution in [0, 0.1) is 34.0 Å². The van der Waals surface area contributed by atoms with Crippen LogP contribution in [0.15, 0.2) is 228 Å². The lowest BCUT2D eigenvalue weighted by molar-refractivity contribution is 0.112. The Morgan fingerprint density at radius 1 is 0.373 bits per heavy atom. The van der Waals surface area contributed by atoms with Crippen molar-refractivity contribution in [2.75, 3.05) is 22.9 Å². The maximum absolute atomic E-state index is 10.3. The van der Waals surface area contributed by atoms with E-state index in [1.807, 2.05) is 158 Å². The SMILES string of the molecule is CC(C)Cc1ccc(C#N)cc1.CC(C)Cc1ccc(C=O)cc1.CC(C)c1ccc(C(=N)N)cc1.CC(C)c1ccc(N=C(N)N)cc1.CC(C)c1ccc2[nH]nc(N)c2c1.CC(C)c1ccc2c(N)n[nH]c2c1.CC(C)c1ccc2nc(N)[nH]c2c1.CC(C)c1ccc2nc(N)[nH]c2c1.CC(C)c1cccc(C(=N)N)c1.CC(C)c1cccc(N=C(N)N)c1. The van der Waals surface area contributed by atoms with Gasteiger partial charge < -0.3 is 67.3 Å². The number of carbonyl (C=O) groups excluding carboxylic acids is 1. The molecule has 0 saturated carbocycles. The normalized spacial score (nSPS) is 10.6. The van der Waals surface area contributed by atoms with Gasteiger partial charge in [-0.1, -0.05) is 266 Å². The van der Waals surface area contributed by atoms with Gasteiger partial charge in [-0.05, 0) is 219 Å². The second-order valence-electron chi connectivity index (χ2n) is 34.1. The zero-order chi connectivity index (χ0) is 93.6. The Labute approximate surface area is 745 Å². The van der Waals surface area contributed by atoms with Gasteiger partial charge in [-0.15, -0.1) is 0 Å². The minimum atomic E-state index is 0.0947. The maximum Gasteiger partial charge on any atom is 0.198 e. The molecule has 0 aliphatic heterocycles. The van der Waals surface area contributed by atoms with Gasteiger partial charge in [0.1, 0.15) is 18.0 Å². The van der Waals surface area contributed by atoms with Crippen molar-refractivity contribution in [3.05, 3.63) is 296 Å². The number of aromatic nitrogens is 8. The molecule has 0 radical (unpaired) electrons. The molecule has 126 heavy (non-hydrogen) atoms. The predicted molar refractivity (Wildman–Crippen MR) is 534 cm³/mol. The van der Waals surface area contributed by atoms with Gasteiger partial charge in [0.05, 0.1) is 56.1 Å². The van der Waals surface area contributed by atoms with Crippen LogP contribution >= 0.6 is 0 Å². The molecule has 4 heterocycles. The second kappa shape index (κ2) is 51.1. The van der Waals surface area contributed by atoms with Gasteiger partial charge in [0.2, 0.25) is 0 Å². The van der Waals surface area contributed by atoms with E-state index in [1.165, 1.54) is 55.6 Å². The third-order valence-corrected chi connectivity index (χ3v) is 19.8. The first-order valence-electron chi connectivity index (χ1n) is 42.8. The van der Waals surface area contributed by atoms with Crippen LogP contribution in [0.5, 0.6) is 0 Å². The number of anilines is 4. The Morgan fingerprint density at radius 3 is 1.16 bits per heavy atom. The largest absolute Gasteiger partial charge is 0.384 e. The highest BCUT2D eigenvalue weighted by Gasteiger charge is 2.11. The molecule has 24 nitrogen and oxygen atoms in total. The van der Waals surface area contributed by atoms with E-state index in [1.54, 1.807) is 0 Å². The topological polar surface area (TPSA) is 488 Å². The van der Waals surface area contributed by atoms with Gasteiger partial charge in [0, 0.05) is 27.5 Å². The van der Waals surface area contributed by atoms with Crippen LogP contribution in [0.2, 0.25) is 0 Å². The molecular weight excluding hydrogens is 1560 g/mol. The summed E-state index contributed by atoms with van der Waals surface area (Å²) in [6.45, 7) is 43.2. The van der Waals surface area contributed by atoms with E-state index in [0.29, 0.717) is 82.7 Å². The standard InChI is InChI=1S/C11H13N.C11H14O.4C10H13N3.2C10H15N3.2C10H14N2/c2*1-9(2)7-10-3-5-11(8-12)6-4-10;1-6(2)7-3-4-9-8(5-7)10(11)13-12-9;2*1-6(2)7-3-4-8-9(5-7)13-10(11)12-8;1-6(2)7-3-4-8-9(5-7)12-13-10(8)11;1-7(2)8-3-5-9(6-4-8)13-10(11)12;1-7(2)8-4-3-5-9(6-8)13-10(11)12;1-7(2)8-3-5-9(6-4-8)10(11)12;1-7(2)8-4-3-5-9(6-8)10(11)12/h3-6,9H,7H2,1-2H3;3-6,8-9H,7H2,1-2H3;4*3-6H,1-2H3,(H3,11,12,13);2*3-7H,1-2H3,(H4,11,12,13);2*3-7H,1-2H3,(H3,11,12). The fourth-order valence-electron chi connectivity index (χ4n) is 12.3. The molecule has 0 unspecified atom stereocenters. The number of hydrogen-bond acceptors (Lipinski definition) is 14. The van der Waals surface area contributed by atoms with Gasteiger partial charge in [-0.3, -0.25) is 25.8 Å². The molecule has 0 atom stereocenters. The summed E-state index contributed by atoms with van der Waals surface area (Å²) in [4.78, 5) is 32.6. The average Bonchev–Trinajstić information content (AvgIpc) is 1.69. The van der Waals surface area contributed by atoms with E-state index in [0.717, 1.165) is 96.6 Å². The minimum Gasteiger partial charge on any atom is -0.384 e. The van der Waals surface area contributed by atoms with Gasteiger partial charge in [0.15, 0.2) is 35.5 Å². The summed E-state index contributed by atoms with van der Waals surface area (Å²) >= 11 is 0. The summed E-state index contributed by atoms with van der Waals surface area (Å²) in [5.41, 5.74) is 77.7. The molecule has 0 saturated heterocycles. The Morgan fingerprint density at radius 2 is 0.738 bits per heavy atom. The number of benzene rings is 10. The van der Waals surface area contributed by atoms with Crippen molar-refractivity contribution >= 4 is 109 Å². The monoisotopic (exact) mass is 1700 g/mol.